The molecule has 1 aromatic carbocycles. The zero-order chi connectivity index (χ0) is 11.3. The average Bonchev–Trinajstić information content (AvgIpc) is 2.25. The van der Waals surface area contributed by atoms with Crippen LogP contribution in [-0.2, 0) is 0 Å². The van der Waals surface area contributed by atoms with Crippen molar-refractivity contribution in [2.45, 2.75) is 25.9 Å². The molecule has 3 N–H and O–H groups in total. The van der Waals surface area contributed by atoms with Gasteiger partial charge in [-0.15, -0.1) is 0 Å². The van der Waals surface area contributed by atoms with Gasteiger partial charge in [0.15, 0.2) is 0 Å². The summed E-state index contributed by atoms with van der Waals surface area (Å²) in [5.74, 6) is 0.872. The van der Waals surface area contributed by atoms with Crippen LogP contribution in [0.2, 0.25) is 0 Å². The van der Waals surface area contributed by atoms with Gasteiger partial charge in [-0.3, -0.25) is 0 Å². The smallest absolute Gasteiger partial charge is 0.119 e. The Morgan fingerprint density at radius 3 is 2.67 bits per heavy atom. The van der Waals surface area contributed by atoms with Crippen LogP contribution in [0.3, 0.4) is 0 Å². The van der Waals surface area contributed by atoms with Gasteiger partial charge in [0.2, 0.25) is 0 Å². The van der Waals surface area contributed by atoms with Crippen LogP contribution in [-0.4, -0.2) is 19.7 Å². The van der Waals surface area contributed by atoms with Crippen LogP contribution in [0.4, 0.5) is 0 Å². The third-order valence-electron chi connectivity index (χ3n) is 2.27. The first-order chi connectivity index (χ1) is 7.17. The van der Waals surface area contributed by atoms with Crippen molar-refractivity contribution >= 4 is 0 Å². The molecule has 15 heavy (non-hydrogen) atoms. The Morgan fingerprint density at radius 2 is 2.13 bits per heavy atom. The molecule has 0 radical (unpaired) electrons. The molecule has 0 bridgehead atoms. The van der Waals surface area contributed by atoms with Crippen LogP contribution in [0.25, 0.3) is 0 Å². The molecular weight excluding hydrogens is 188 g/mol. The lowest BCUT2D eigenvalue weighted by Crippen LogP contribution is -2.33. The molecule has 1 rings (SSSR count). The van der Waals surface area contributed by atoms with Gasteiger partial charge in [-0.25, -0.2) is 0 Å². The molecule has 0 amide bonds. The van der Waals surface area contributed by atoms with E-state index in [1.807, 2.05) is 18.2 Å². The fourth-order valence-electron chi connectivity index (χ4n) is 1.56. The summed E-state index contributed by atoms with van der Waals surface area (Å²) in [6, 6.07) is 8.62. The van der Waals surface area contributed by atoms with Gasteiger partial charge in [-0.2, -0.15) is 0 Å². The summed E-state index contributed by atoms with van der Waals surface area (Å²) in [7, 11) is 1.67. The number of hydrogen-bond donors (Lipinski definition) is 2. The summed E-state index contributed by atoms with van der Waals surface area (Å²) in [4.78, 5) is 0. The lowest BCUT2D eigenvalue weighted by molar-refractivity contribution is 0.412. The van der Waals surface area contributed by atoms with Gasteiger partial charge in [0.1, 0.15) is 5.75 Å². The molecule has 0 saturated heterocycles. The molecule has 0 aliphatic carbocycles. The van der Waals surface area contributed by atoms with Gasteiger partial charge in [0.05, 0.1) is 7.11 Å². The van der Waals surface area contributed by atoms with E-state index in [1.54, 1.807) is 7.11 Å². The van der Waals surface area contributed by atoms with E-state index < -0.39 is 0 Å². The van der Waals surface area contributed by atoms with E-state index in [-0.39, 0.29) is 6.04 Å². The van der Waals surface area contributed by atoms with Crippen LogP contribution < -0.4 is 15.8 Å². The minimum absolute atomic E-state index is 0.195. The fourth-order valence-corrected chi connectivity index (χ4v) is 1.56. The predicted molar refractivity (Wildman–Crippen MR) is 63.1 cm³/mol. The Balaban J connectivity index is 2.81. The van der Waals surface area contributed by atoms with Crippen molar-refractivity contribution in [2.24, 2.45) is 5.73 Å². The minimum atomic E-state index is 0.195. The number of ether oxygens (including phenoxy) is 1. The summed E-state index contributed by atoms with van der Waals surface area (Å²) in [5, 5.41) is 3.42. The standard InChI is InChI=1S/C12H20N2O/c1-9(2)14-12(8-13)10-5-4-6-11(7-10)15-3/h4-7,9,12,14H,8,13H2,1-3H3. The molecule has 3 nitrogen and oxygen atoms in total. The molecule has 1 atom stereocenters. The normalized spacial score (nSPS) is 12.9. The third kappa shape index (κ3) is 3.53. The highest BCUT2D eigenvalue weighted by Gasteiger charge is 2.10. The van der Waals surface area contributed by atoms with Crippen LogP contribution in [0.5, 0.6) is 5.75 Å². The second-order valence-electron chi connectivity index (χ2n) is 3.89. The molecular formula is C12H20N2O. The molecule has 0 saturated carbocycles. The van der Waals surface area contributed by atoms with Crippen LogP contribution >= 0.6 is 0 Å². The second kappa shape index (κ2) is 5.73. The molecule has 0 aliphatic rings. The van der Waals surface area contributed by atoms with Crippen molar-refractivity contribution in [3.63, 3.8) is 0 Å². The quantitative estimate of drug-likeness (QED) is 0.774. The molecule has 3 heteroatoms. The van der Waals surface area contributed by atoms with Crippen molar-refractivity contribution in [3.05, 3.63) is 29.8 Å². The molecule has 0 aromatic heterocycles. The van der Waals surface area contributed by atoms with E-state index in [0.717, 1.165) is 5.75 Å². The van der Waals surface area contributed by atoms with Gasteiger partial charge in [0, 0.05) is 18.6 Å². The monoisotopic (exact) mass is 208 g/mol. The second-order valence-corrected chi connectivity index (χ2v) is 3.89. The van der Waals surface area contributed by atoms with E-state index >= 15 is 0 Å². The zero-order valence-electron chi connectivity index (χ0n) is 9.66. The number of benzene rings is 1. The van der Waals surface area contributed by atoms with E-state index in [9.17, 15) is 0 Å². The molecule has 1 aromatic rings. The van der Waals surface area contributed by atoms with Crippen molar-refractivity contribution in [1.82, 2.24) is 5.32 Å². The third-order valence-corrected chi connectivity index (χ3v) is 2.27. The maximum Gasteiger partial charge on any atom is 0.119 e. The number of methoxy groups -OCH3 is 1. The Hall–Kier alpha value is -1.06. The molecule has 0 fully saturated rings. The highest BCUT2D eigenvalue weighted by Crippen LogP contribution is 2.18. The van der Waals surface area contributed by atoms with E-state index in [4.69, 9.17) is 10.5 Å². The lowest BCUT2D eigenvalue weighted by atomic mass is 10.1. The first kappa shape index (κ1) is 12.0. The summed E-state index contributed by atoms with van der Waals surface area (Å²) in [6.45, 7) is 4.82. The number of nitrogens with two attached hydrogens (primary N) is 1. The summed E-state index contributed by atoms with van der Waals surface area (Å²) < 4.78 is 5.19. The Morgan fingerprint density at radius 1 is 1.40 bits per heavy atom. The van der Waals surface area contributed by atoms with Crippen molar-refractivity contribution < 1.29 is 4.74 Å². The maximum absolute atomic E-state index is 5.74. The van der Waals surface area contributed by atoms with E-state index in [2.05, 4.69) is 25.2 Å². The average molecular weight is 208 g/mol. The summed E-state index contributed by atoms with van der Waals surface area (Å²) >= 11 is 0. The maximum atomic E-state index is 5.74. The van der Waals surface area contributed by atoms with Crippen LogP contribution in [0.15, 0.2) is 24.3 Å². The SMILES string of the molecule is COc1cccc(C(CN)NC(C)C)c1. The summed E-state index contributed by atoms with van der Waals surface area (Å²) in [6.07, 6.45) is 0. The summed E-state index contributed by atoms with van der Waals surface area (Å²) in [5.41, 5.74) is 6.91. The molecule has 1 unspecified atom stereocenters. The molecule has 0 aliphatic heterocycles. The van der Waals surface area contributed by atoms with Gasteiger partial charge in [-0.05, 0) is 17.7 Å². The zero-order valence-corrected chi connectivity index (χ0v) is 9.66. The first-order valence-electron chi connectivity index (χ1n) is 5.27. The molecule has 84 valence electrons. The van der Waals surface area contributed by atoms with Gasteiger partial charge in [-0.1, -0.05) is 26.0 Å². The highest BCUT2D eigenvalue weighted by atomic mass is 16.5. The number of rotatable bonds is 5. The largest absolute Gasteiger partial charge is 0.497 e. The van der Waals surface area contributed by atoms with Gasteiger partial charge in [0.25, 0.3) is 0 Å². The topological polar surface area (TPSA) is 47.3 Å². The van der Waals surface area contributed by atoms with E-state index in [1.165, 1.54) is 5.56 Å². The first-order valence-corrected chi connectivity index (χ1v) is 5.27. The molecule has 0 heterocycles. The van der Waals surface area contributed by atoms with Crippen LogP contribution in [0, 0.1) is 0 Å². The minimum Gasteiger partial charge on any atom is -0.497 e. The number of hydrogen-bond acceptors (Lipinski definition) is 3. The Bertz CT molecular complexity index is 299. The molecule has 0 spiro atoms. The highest BCUT2D eigenvalue weighted by molar-refractivity contribution is 5.30. The Kier molecular flexibility index (Phi) is 4.59. The van der Waals surface area contributed by atoms with Crippen molar-refractivity contribution in [1.29, 1.82) is 0 Å². The van der Waals surface area contributed by atoms with Gasteiger partial charge >= 0.3 is 0 Å². The van der Waals surface area contributed by atoms with Crippen molar-refractivity contribution in [3.8, 4) is 5.75 Å². The number of nitrogens with one attached hydrogen (secondary N) is 1. The fraction of sp³-hybridized carbons (Fsp3) is 0.500. The van der Waals surface area contributed by atoms with Crippen molar-refractivity contribution in [2.75, 3.05) is 13.7 Å². The lowest BCUT2D eigenvalue weighted by Gasteiger charge is -2.20. The van der Waals surface area contributed by atoms with Crippen LogP contribution in [0.1, 0.15) is 25.5 Å². The Labute approximate surface area is 91.6 Å². The van der Waals surface area contributed by atoms with Gasteiger partial charge < -0.3 is 15.8 Å². The predicted octanol–water partition coefficient (Wildman–Crippen LogP) is 1.69. The van der Waals surface area contributed by atoms with E-state index in [0.29, 0.717) is 12.6 Å².